The van der Waals surface area contributed by atoms with Gasteiger partial charge in [0.1, 0.15) is 23.6 Å². The first kappa shape index (κ1) is 23.4. The predicted octanol–water partition coefficient (Wildman–Crippen LogP) is 4.35. The number of carbonyl (C=O) groups is 1. The number of nitrogens with zero attached hydrogens (tertiary/aromatic N) is 4. The minimum Gasteiger partial charge on any atom is -0.501 e. The van der Waals surface area contributed by atoms with E-state index >= 15 is 0 Å². The van der Waals surface area contributed by atoms with Gasteiger partial charge in [0.25, 0.3) is 11.5 Å². The molecule has 0 bridgehead atoms. The molecule has 10 heteroatoms. The standard InChI is InChI=1S/C25H20FN5O4/c1-14(20(15-7-5-4-6-8-15)18-10-9-16(26)11-19(18)27-2)23-30-21(22(32)25(34)31(23)3)24(33)29-17-12-28-35-13-17/h4-14,20,32H,1,3H3,(H,29,33)/t14-,20+/m1/s1. The van der Waals surface area contributed by atoms with E-state index in [0.29, 0.717) is 5.56 Å². The van der Waals surface area contributed by atoms with Gasteiger partial charge in [-0.25, -0.2) is 14.2 Å². The Morgan fingerprint density at radius 3 is 2.66 bits per heavy atom. The first-order chi connectivity index (χ1) is 16.8. The van der Waals surface area contributed by atoms with Crippen LogP contribution in [-0.4, -0.2) is 25.7 Å². The zero-order valence-electron chi connectivity index (χ0n) is 18.8. The largest absolute Gasteiger partial charge is 0.501 e. The maximum absolute atomic E-state index is 13.9. The van der Waals surface area contributed by atoms with Crippen molar-refractivity contribution in [2.24, 2.45) is 7.05 Å². The molecule has 176 valence electrons. The second-order valence-electron chi connectivity index (χ2n) is 7.89. The summed E-state index contributed by atoms with van der Waals surface area (Å²) in [4.78, 5) is 33.5. The Labute approximate surface area is 199 Å². The van der Waals surface area contributed by atoms with Gasteiger partial charge in [0.05, 0.1) is 12.8 Å². The van der Waals surface area contributed by atoms with Crippen LogP contribution in [0.1, 0.15) is 46.2 Å². The average molecular weight is 473 g/mol. The molecule has 0 saturated carbocycles. The van der Waals surface area contributed by atoms with Crippen LogP contribution in [0, 0.1) is 12.4 Å². The smallest absolute Gasteiger partial charge is 0.296 e. The second kappa shape index (κ2) is 9.61. The van der Waals surface area contributed by atoms with Gasteiger partial charge in [0, 0.05) is 18.9 Å². The number of rotatable bonds is 6. The highest BCUT2D eigenvalue weighted by Gasteiger charge is 2.30. The lowest BCUT2D eigenvalue weighted by Gasteiger charge is -2.27. The summed E-state index contributed by atoms with van der Waals surface area (Å²) in [6.07, 6.45) is 2.44. The quantitative estimate of drug-likeness (QED) is 0.403. The molecule has 1 amide bonds. The summed E-state index contributed by atoms with van der Waals surface area (Å²) in [6.45, 7) is 9.35. The molecule has 0 fully saturated rings. The third-order valence-electron chi connectivity index (χ3n) is 5.72. The monoisotopic (exact) mass is 473 g/mol. The van der Waals surface area contributed by atoms with Crippen molar-refractivity contribution in [2.45, 2.75) is 18.8 Å². The molecule has 2 aromatic carbocycles. The molecule has 2 aromatic heterocycles. The fourth-order valence-electron chi connectivity index (χ4n) is 4.05. The van der Waals surface area contributed by atoms with Crippen molar-refractivity contribution in [1.82, 2.24) is 14.7 Å². The van der Waals surface area contributed by atoms with Gasteiger partial charge in [-0.15, -0.1) is 0 Å². The fourth-order valence-corrected chi connectivity index (χ4v) is 4.05. The van der Waals surface area contributed by atoms with Crippen LogP contribution in [0.25, 0.3) is 4.85 Å². The van der Waals surface area contributed by atoms with Gasteiger partial charge in [-0.1, -0.05) is 48.5 Å². The Hall–Kier alpha value is -4.78. The molecule has 4 aromatic rings. The molecule has 2 atom stereocenters. The van der Waals surface area contributed by atoms with E-state index in [2.05, 4.69) is 24.8 Å². The average Bonchev–Trinajstić information content (AvgIpc) is 3.37. The molecule has 9 nitrogen and oxygen atoms in total. The van der Waals surface area contributed by atoms with Crippen LogP contribution in [0.15, 0.2) is 70.3 Å². The molecule has 0 spiro atoms. The normalized spacial score (nSPS) is 12.5. The van der Waals surface area contributed by atoms with Gasteiger partial charge < -0.3 is 14.9 Å². The van der Waals surface area contributed by atoms with Gasteiger partial charge in [-0.3, -0.25) is 14.2 Å². The van der Waals surface area contributed by atoms with Crippen molar-refractivity contribution in [1.29, 1.82) is 0 Å². The molecule has 0 unspecified atom stereocenters. The zero-order valence-corrected chi connectivity index (χ0v) is 18.8. The van der Waals surface area contributed by atoms with Crippen LogP contribution in [0.3, 0.4) is 0 Å². The Morgan fingerprint density at radius 2 is 2.00 bits per heavy atom. The molecular formula is C25H20FN5O4. The van der Waals surface area contributed by atoms with Gasteiger partial charge in [0.15, 0.2) is 11.4 Å². The Morgan fingerprint density at radius 1 is 1.26 bits per heavy atom. The van der Waals surface area contributed by atoms with Gasteiger partial charge in [-0.05, 0) is 23.3 Å². The van der Waals surface area contributed by atoms with Crippen LogP contribution in [0.4, 0.5) is 15.8 Å². The molecule has 0 radical (unpaired) electrons. The summed E-state index contributed by atoms with van der Waals surface area (Å²) in [5.74, 6) is -3.06. The number of amides is 1. The van der Waals surface area contributed by atoms with E-state index in [-0.39, 0.29) is 17.2 Å². The van der Waals surface area contributed by atoms with Crippen LogP contribution in [0.5, 0.6) is 5.75 Å². The lowest BCUT2D eigenvalue weighted by atomic mass is 9.80. The van der Waals surface area contributed by atoms with E-state index < -0.39 is 40.6 Å². The first-order valence-electron chi connectivity index (χ1n) is 10.5. The highest BCUT2D eigenvalue weighted by molar-refractivity contribution is 6.04. The van der Waals surface area contributed by atoms with Crippen LogP contribution in [0.2, 0.25) is 0 Å². The molecule has 0 aliphatic carbocycles. The molecule has 35 heavy (non-hydrogen) atoms. The van der Waals surface area contributed by atoms with Crippen molar-refractivity contribution in [3.63, 3.8) is 0 Å². The summed E-state index contributed by atoms with van der Waals surface area (Å²) < 4.78 is 19.7. The van der Waals surface area contributed by atoms with E-state index in [1.807, 2.05) is 30.3 Å². The third-order valence-corrected chi connectivity index (χ3v) is 5.72. The van der Waals surface area contributed by atoms with Gasteiger partial charge in [0.2, 0.25) is 5.75 Å². The molecule has 0 aliphatic heterocycles. The number of halogens is 1. The molecular weight excluding hydrogens is 453 g/mol. The van der Waals surface area contributed by atoms with Crippen LogP contribution < -0.4 is 10.9 Å². The maximum atomic E-state index is 13.9. The number of benzene rings is 2. The fraction of sp³-hybridized carbons (Fsp3) is 0.160. The van der Waals surface area contributed by atoms with Crippen molar-refractivity contribution < 1.29 is 18.8 Å². The molecule has 2 N–H and O–H groups in total. The van der Waals surface area contributed by atoms with E-state index in [9.17, 15) is 19.1 Å². The number of anilines is 1. The minimum absolute atomic E-state index is 0.125. The minimum atomic E-state index is -0.822. The van der Waals surface area contributed by atoms with E-state index in [1.54, 1.807) is 6.92 Å². The van der Waals surface area contributed by atoms with Crippen LogP contribution in [-0.2, 0) is 7.05 Å². The highest BCUT2D eigenvalue weighted by atomic mass is 19.1. The SMILES string of the molecule is [C-]#[N+]c1cc(F)ccc1[C@H](c1ccccc1)[C@@H](C)c1nc(C(=O)Nc2cnoc2)c(O)c(=O)n1C. The number of hydrogen-bond acceptors (Lipinski definition) is 6. The first-order valence-corrected chi connectivity index (χ1v) is 10.5. The van der Waals surface area contributed by atoms with Crippen molar-refractivity contribution in [3.8, 4) is 5.75 Å². The molecule has 0 saturated heterocycles. The maximum Gasteiger partial charge on any atom is 0.296 e. The Balaban J connectivity index is 1.87. The summed E-state index contributed by atoms with van der Waals surface area (Å²) in [5, 5.41) is 16.3. The number of aromatic nitrogens is 3. The lowest BCUT2D eigenvalue weighted by molar-refractivity contribution is 0.101. The summed E-state index contributed by atoms with van der Waals surface area (Å²) in [6, 6.07) is 13.2. The number of carbonyl (C=O) groups excluding carboxylic acids is 1. The Kier molecular flexibility index (Phi) is 6.42. The summed E-state index contributed by atoms with van der Waals surface area (Å²) in [5.41, 5.74) is 0.412. The highest BCUT2D eigenvalue weighted by Crippen LogP contribution is 2.41. The van der Waals surface area contributed by atoms with Crippen LogP contribution >= 0.6 is 0 Å². The lowest BCUT2D eigenvalue weighted by Crippen LogP contribution is -2.29. The molecule has 0 aliphatic rings. The van der Waals surface area contributed by atoms with E-state index in [1.165, 1.54) is 31.6 Å². The molecule has 2 heterocycles. The predicted molar refractivity (Wildman–Crippen MR) is 125 cm³/mol. The summed E-state index contributed by atoms with van der Waals surface area (Å²) >= 11 is 0. The number of nitrogens with one attached hydrogen (secondary N) is 1. The zero-order chi connectivity index (χ0) is 25.1. The second-order valence-corrected chi connectivity index (χ2v) is 7.89. The van der Waals surface area contributed by atoms with Gasteiger partial charge >= 0.3 is 0 Å². The number of hydrogen-bond donors (Lipinski definition) is 2. The van der Waals surface area contributed by atoms with E-state index in [0.717, 1.165) is 16.2 Å². The van der Waals surface area contributed by atoms with Gasteiger partial charge in [-0.2, -0.15) is 0 Å². The van der Waals surface area contributed by atoms with Crippen molar-refractivity contribution in [2.75, 3.05) is 5.32 Å². The summed E-state index contributed by atoms with van der Waals surface area (Å²) in [7, 11) is 1.44. The van der Waals surface area contributed by atoms with Crippen molar-refractivity contribution in [3.05, 3.63) is 111 Å². The topological polar surface area (TPSA) is 115 Å². The third kappa shape index (κ3) is 4.52. The number of aromatic hydroxyl groups is 1. The van der Waals surface area contributed by atoms with Crippen molar-refractivity contribution >= 4 is 17.3 Å². The van der Waals surface area contributed by atoms with E-state index in [4.69, 9.17) is 6.57 Å². The Bertz CT molecular complexity index is 1480. The molecule has 4 rings (SSSR count).